The number of amides is 1. The van der Waals surface area contributed by atoms with E-state index >= 15 is 0 Å². The van der Waals surface area contributed by atoms with Crippen molar-refractivity contribution < 1.29 is 22.3 Å². The Hall–Kier alpha value is -2.16. The molecule has 2 aromatic rings. The number of hydrogen-bond acceptors (Lipinski definition) is 4. The molecule has 0 unspecified atom stereocenters. The maximum Gasteiger partial charge on any atom is 0.243 e. The third-order valence-corrected chi connectivity index (χ3v) is 8.56. The van der Waals surface area contributed by atoms with Crippen molar-refractivity contribution in [1.29, 1.82) is 0 Å². The molecule has 0 spiro atoms. The van der Waals surface area contributed by atoms with E-state index in [1.165, 1.54) is 10.4 Å². The summed E-state index contributed by atoms with van der Waals surface area (Å²) in [6.07, 6.45) is 2.63. The minimum Gasteiger partial charge on any atom is -0.495 e. The van der Waals surface area contributed by atoms with Gasteiger partial charge in [-0.3, -0.25) is 4.79 Å². The van der Waals surface area contributed by atoms with Crippen LogP contribution in [0.5, 0.6) is 5.75 Å². The van der Waals surface area contributed by atoms with Gasteiger partial charge in [-0.15, -0.1) is 0 Å². The summed E-state index contributed by atoms with van der Waals surface area (Å²) in [4.78, 5) is 15.2. The largest absolute Gasteiger partial charge is 0.495 e. The van der Waals surface area contributed by atoms with Crippen molar-refractivity contribution in [2.45, 2.75) is 37.5 Å². The normalized spacial score (nSPS) is 17.8. The lowest BCUT2D eigenvalue weighted by Crippen LogP contribution is -2.46. The maximum absolute atomic E-state index is 13.4. The molecule has 2 aromatic carbocycles. The zero-order valence-electron chi connectivity index (χ0n) is 18.1. The number of piperidine rings is 1. The second kappa shape index (κ2) is 9.00. The molecule has 0 aromatic heterocycles. The summed E-state index contributed by atoms with van der Waals surface area (Å²) >= 11 is 5.77. The molecule has 2 aliphatic rings. The highest BCUT2D eigenvalue weighted by Gasteiger charge is 2.36. The molecule has 6 nitrogen and oxygen atoms in total. The van der Waals surface area contributed by atoms with Crippen molar-refractivity contribution >= 4 is 33.2 Å². The van der Waals surface area contributed by atoms with Crippen molar-refractivity contribution in [3.8, 4) is 5.75 Å². The number of ether oxygens (including phenoxy) is 1. The van der Waals surface area contributed by atoms with Gasteiger partial charge in [-0.1, -0.05) is 17.7 Å². The van der Waals surface area contributed by atoms with Gasteiger partial charge in [-0.25, -0.2) is 12.8 Å². The fourth-order valence-electron chi connectivity index (χ4n) is 4.59. The molecular formula is C23H26ClFN2O4S. The van der Waals surface area contributed by atoms with Crippen LogP contribution in [0, 0.1) is 18.7 Å². The fourth-order valence-corrected chi connectivity index (χ4v) is 6.33. The van der Waals surface area contributed by atoms with Crippen LogP contribution >= 0.6 is 11.6 Å². The van der Waals surface area contributed by atoms with E-state index in [9.17, 15) is 17.6 Å². The zero-order valence-corrected chi connectivity index (χ0v) is 19.7. The van der Waals surface area contributed by atoms with Crippen LogP contribution in [0.3, 0.4) is 0 Å². The summed E-state index contributed by atoms with van der Waals surface area (Å²) < 4.78 is 46.2. The van der Waals surface area contributed by atoms with Crippen molar-refractivity contribution in [2.24, 2.45) is 5.92 Å². The standard InChI is InChI=1S/C23H26ClFN2O4S/c1-15-5-8-21(31-2)22-18(15)4-3-11-27(22)23(28)16-9-12-26(13-10-16)32(29,30)17-6-7-20(25)19(24)14-17/h5-8,14,16H,3-4,9-13H2,1-2H3. The third kappa shape index (κ3) is 4.11. The number of carbonyl (C=O) groups excluding carboxylic acids is 1. The highest BCUT2D eigenvalue weighted by Crippen LogP contribution is 2.40. The molecule has 2 aliphatic heterocycles. The number of benzene rings is 2. The number of carbonyl (C=O) groups is 1. The summed E-state index contributed by atoms with van der Waals surface area (Å²) in [5.74, 6) is -0.236. The molecule has 0 aliphatic carbocycles. The smallest absolute Gasteiger partial charge is 0.243 e. The minimum atomic E-state index is -3.80. The van der Waals surface area contributed by atoms with Crippen LogP contribution in [-0.4, -0.2) is 45.4 Å². The number of fused-ring (bicyclic) bond motifs is 1. The molecule has 9 heteroatoms. The van der Waals surface area contributed by atoms with E-state index in [1.807, 2.05) is 24.0 Å². The van der Waals surface area contributed by atoms with E-state index in [0.717, 1.165) is 41.8 Å². The van der Waals surface area contributed by atoms with Crippen LogP contribution in [0.2, 0.25) is 5.02 Å². The summed E-state index contributed by atoms with van der Waals surface area (Å²) in [6.45, 7) is 3.11. The van der Waals surface area contributed by atoms with Crippen molar-refractivity contribution in [3.63, 3.8) is 0 Å². The topological polar surface area (TPSA) is 66.9 Å². The molecule has 0 N–H and O–H groups in total. The fraction of sp³-hybridized carbons (Fsp3) is 0.435. The predicted molar refractivity (Wildman–Crippen MR) is 121 cm³/mol. The molecule has 1 saturated heterocycles. The number of methoxy groups -OCH3 is 1. The number of aryl methyl sites for hydroxylation is 1. The van der Waals surface area contributed by atoms with Gasteiger partial charge in [0.05, 0.1) is 22.7 Å². The Morgan fingerprint density at radius 3 is 2.53 bits per heavy atom. The minimum absolute atomic E-state index is 0.0109. The van der Waals surface area contributed by atoms with Gasteiger partial charge in [0, 0.05) is 25.6 Å². The van der Waals surface area contributed by atoms with Crippen LogP contribution in [0.1, 0.15) is 30.4 Å². The Bertz CT molecular complexity index is 1150. The Labute approximate surface area is 193 Å². The first-order valence-corrected chi connectivity index (χ1v) is 12.5. The van der Waals surface area contributed by atoms with Crippen LogP contribution in [0.15, 0.2) is 35.2 Å². The van der Waals surface area contributed by atoms with Gasteiger partial charge in [0.15, 0.2) is 0 Å². The van der Waals surface area contributed by atoms with E-state index in [4.69, 9.17) is 16.3 Å². The average Bonchev–Trinajstić information content (AvgIpc) is 2.80. The summed E-state index contributed by atoms with van der Waals surface area (Å²) in [7, 11) is -2.20. The Morgan fingerprint density at radius 1 is 1.16 bits per heavy atom. The van der Waals surface area contributed by atoms with Crippen LogP contribution in [0.4, 0.5) is 10.1 Å². The van der Waals surface area contributed by atoms with Gasteiger partial charge < -0.3 is 9.64 Å². The molecular weight excluding hydrogens is 455 g/mol. The van der Waals surface area contributed by atoms with E-state index in [2.05, 4.69) is 0 Å². The lowest BCUT2D eigenvalue weighted by molar-refractivity contribution is -0.123. The molecule has 1 amide bonds. The van der Waals surface area contributed by atoms with Gasteiger partial charge in [0.1, 0.15) is 11.6 Å². The van der Waals surface area contributed by atoms with Crippen molar-refractivity contribution in [3.05, 3.63) is 52.3 Å². The number of rotatable bonds is 4. The van der Waals surface area contributed by atoms with Crippen molar-refractivity contribution in [2.75, 3.05) is 31.6 Å². The quantitative estimate of drug-likeness (QED) is 0.658. The maximum atomic E-state index is 13.4. The van der Waals surface area contributed by atoms with E-state index < -0.39 is 15.8 Å². The summed E-state index contributed by atoms with van der Waals surface area (Å²) in [5.41, 5.74) is 3.12. The second-order valence-electron chi connectivity index (χ2n) is 8.26. The van der Waals surface area contributed by atoms with E-state index in [0.29, 0.717) is 25.1 Å². The van der Waals surface area contributed by atoms with Gasteiger partial charge >= 0.3 is 0 Å². The number of nitrogens with zero attached hydrogens (tertiary/aromatic N) is 2. The Kier molecular flexibility index (Phi) is 6.47. The molecule has 32 heavy (non-hydrogen) atoms. The van der Waals surface area contributed by atoms with E-state index in [-0.39, 0.29) is 34.8 Å². The zero-order chi connectivity index (χ0) is 23.0. The number of halogens is 2. The SMILES string of the molecule is COc1ccc(C)c2c1N(C(=O)C1CCN(S(=O)(=O)c3ccc(F)c(Cl)c3)CC1)CCC2. The summed E-state index contributed by atoms with van der Waals surface area (Å²) in [5, 5.41) is -0.232. The number of hydrogen-bond donors (Lipinski definition) is 0. The van der Waals surface area contributed by atoms with Gasteiger partial charge in [-0.2, -0.15) is 4.31 Å². The average molecular weight is 481 g/mol. The van der Waals surface area contributed by atoms with Crippen LogP contribution < -0.4 is 9.64 Å². The molecule has 2 heterocycles. The molecule has 0 atom stereocenters. The second-order valence-corrected chi connectivity index (χ2v) is 10.6. The molecule has 0 radical (unpaired) electrons. The lowest BCUT2D eigenvalue weighted by atomic mass is 9.92. The highest BCUT2D eigenvalue weighted by molar-refractivity contribution is 7.89. The predicted octanol–water partition coefficient (Wildman–Crippen LogP) is 4.18. The lowest BCUT2D eigenvalue weighted by Gasteiger charge is -2.37. The first kappa shape index (κ1) is 23.0. The van der Waals surface area contributed by atoms with Gasteiger partial charge in [0.25, 0.3) is 0 Å². The van der Waals surface area contributed by atoms with Crippen LogP contribution in [0.25, 0.3) is 0 Å². The van der Waals surface area contributed by atoms with Gasteiger partial charge in [-0.05, 0) is 68.0 Å². The van der Waals surface area contributed by atoms with Crippen molar-refractivity contribution in [1.82, 2.24) is 4.31 Å². The molecule has 0 bridgehead atoms. The third-order valence-electron chi connectivity index (χ3n) is 6.38. The van der Waals surface area contributed by atoms with E-state index in [1.54, 1.807) is 7.11 Å². The molecule has 172 valence electrons. The Balaban J connectivity index is 1.51. The first-order chi connectivity index (χ1) is 15.2. The summed E-state index contributed by atoms with van der Waals surface area (Å²) in [6, 6.07) is 7.30. The van der Waals surface area contributed by atoms with Crippen LogP contribution in [-0.2, 0) is 21.2 Å². The molecule has 1 fully saturated rings. The number of sulfonamides is 1. The first-order valence-electron chi connectivity index (χ1n) is 10.7. The monoisotopic (exact) mass is 480 g/mol. The number of anilines is 1. The molecule has 4 rings (SSSR count). The Morgan fingerprint density at radius 2 is 1.88 bits per heavy atom. The highest BCUT2D eigenvalue weighted by atomic mass is 35.5. The van der Waals surface area contributed by atoms with Gasteiger partial charge in [0.2, 0.25) is 15.9 Å². The molecule has 0 saturated carbocycles.